The van der Waals surface area contributed by atoms with E-state index >= 15 is 0 Å². The number of halogens is 2. The van der Waals surface area contributed by atoms with E-state index in [1.807, 2.05) is 23.1 Å². The minimum absolute atomic E-state index is 0.200. The van der Waals surface area contributed by atoms with Crippen LogP contribution in [0.5, 0.6) is 11.5 Å². The summed E-state index contributed by atoms with van der Waals surface area (Å²) in [4.78, 5) is 70.5. The fraction of sp³-hybridized carbons (Fsp3) is 0.237. The molecular formula is C38H37Cl2N5O12. The summed E-state index contributed by atoms with van der Waals surface area (Å²) in [7, 11) is 0. The number of amides is 2. The first-order chi connectivity index (χ1) is 27.2. The van der Waals surface area contributed by atoms with Gasteiger partial charge in [0.15, 0.2) is 11.5 Å². The molecule has 2 aliphatic rings. The zero-order valence-corrected chi connectivity index (χ0v) is 31.5. The van der Waals surface area contributed by atoms with Crippen LogP contribution in [0.3, 0.4) is 0 Å². The molecule has 57 heavy (non-hydrogen) atoms. The van der Waals surface area contributed by atoms with Crippen molar-refractivity contribution in [1.82, 2.24) is 14.8 Å². The van der Waals surface area contributed by atoms with Crippen LogP contribution in [0.15, 0.2) is 79.0 Å². The molecule has 19 heteroatoms. The van der Waals surface area contributed by atoms with Gasteiger partial charge in [0.2, 0.25) is 12.7 Å². The van der Waals surface area contributed by atoms with Crippen molar-refractivity contribution < 1.29 is 58.7 Å². The van der Waals surface area contributed by atoms with E-state index in [1.165, 1.54) is 11.6 Å². The van der Waals surface area contributed by atoms with Crippen molar-refractivity contribution >= 4 is 70.4 Å². The summed E-state index contributed by atoms with van der Waals surface area (Å²) in [5.41, 5.74) is 4.40. The number of benzene rings is 3. The Balaban J connectivity index is 0.000000524. The Morgan fingerprint density at radius 2 is 1.30 bits per heavy atom. The normalized spacial score (nSPS) is 12.8. The minimum atomic E-state index is -1.82. The number of ether oxygens (including phenoxy) is 2. The van der Waals surface area contributed by atoms with Crippen LogP contribution in [0.1, 0.15) is 33.5 Å². The summed E-state index contributed by atoms with van der Waals surface area (Å²) in [5, 5.41) is 36.4. The molecule has 0 bridgehead atoms. The van der Waals surface area contributed by atoms with E-state index in [9.17, 15) is 9.59 Å². The number of carboxylic acids is 4. The van der Waals surface area contributed by atoms with Crippen LogP contribution in [0, 0.1) is 0 Å². The first-order valence-electron chi connectivity index (χ1n) is 17.0. The lowest BCUT2D eigenvalue weighted by Crippen LogP contribution is -2.48. The summed E-state index contributed by atoms with van der Waals surface area (Å²) in [5.74, 6) is -5.10. The van der Waals surface area contributed by atoms with Gasteiger partial charge in [-0.2, -0.15) is 0 Å². The highest BCUT2D eigenvalue weighted by Crippen LogP contribution is 2.33. The Morgan fingerprint density at radius 1 is 0.684 bits per heavy atom. The first-order valence-corrected chi connectivity index (χ1v) is 17.8. The van der Waals surface area contributed by atoms with Crippen molar-refractivity contribution in [3.63, 3.8) is 0 Å². The van der Waals surface area contributed by atoms with Crippen LogP contribution in [-0.2, 0) is 43.5 Å². The lowest BCUT2D eigenvalue weighted by atomic mass is 10.1. The van der Waals surface area contributed by atoms with Gasteiger partial charge in [0.05, 0.1) is 21.9 Å². The Labute approximate surface area is 335 Å². The zero-order chi connectivity index (χ0) is 41.5. The van der Waals surface area contributed by atoms with Crippen molar-refractivity contribution in [2.24, 2.45) is 0 Å². The maximum absolute atomic E-state index is 12.9. The Kier molecular flexibility index (Phi) is 16.0. The second kappa shape index (κ2) is 21.0. The third-order valence-electron chi connectivity index (χ3n) is 8.26. The van der Waals surface area contributed by atoms with E-state index in [4.69, 9.17) is 72.3 Å². The second-order valence-corrected chi connectivity index (χ2v) is 13.1. The maximum Gasteiger partial charge on any atom is 0.414 e. The summed E-state index contributed by atoms with van der Waals surface area (Å²) in [6.07, 6.45) is 2.80. The number of carbonyl (C=O) groups is 6. The van der Waals surface area contributed by atoms with Gasteiger partial charge in [0.25, 0.3) is 5.91 Å². The molecule has 0 saturated carbocycles. The maximum atomic E-state index is 12.9. The first kappa shape index (κ1) is 43.3. The number of hydrogen-bond acceptors (Lipinski definition) is 11. The highest BCUT2D eigenvalue weighted by atomic mass is 35.5. The number of hydrogen-bond donors (Lipinski definition) is 6. The number of piperazine rings is 1. The van der Waals surface area contributed by atoms with Gasteiger partial charge < -0.3 is 45.4 Å². The number of pyridine rings is 1. The average Bonchev–Trinajstić information content (AvgIpc) is 3.67. The minimum Gasteiger partial charge on any atom is -0.473 e. The third-order valence-corrected chi connectivity index (χ3v) is 9.00. The van der Waals surface area contributed by atoms with Crippen molar-refractivity contribution in [2.45, 2.75) is 25.9 Å². The predicted molar refractivity (Wildman–Crippen MR) is 206 cm³/mol. The molecule has 1 saturated heterocycles. The van der Waals surface area contributed by atoms with Crippen LogP contribution in [0.25, 0.3) is 0 Å². The lowest BCUT2D eigenvalue weighted by molar-refractivity contribution is -0.159. The van der Waals surface area contributed by atoms with Crippen LogP contribution in [-0.4, -0.2) is 104 Å². The smallest absolute Gasteiger partial charge is 0.414 e. The fourth-order valence-corrected chi connectivity index (χ4v) is 5.59. The molecule has 2 aliphatic heterocycles. The largest absolute Gasteiger partial charge is 0.473 e. The molecule has 300 valence electrons. The Morgan fingerprint density at radius 3 is 1.89 bits per heavy atom. The van der Waals surface area contributed by atoms with E-state index in [-0.39, 0.29) is 18.6 Å². The number of rotatable bonds is 10. The molecule has 0 radical (unpaired) electrons. The zero-order valence-electron chi connectivity index (χ0n) is 30.0. The summed E-state index contributed by atoms with van der Waals surface area (Å²) >= 11 is 11.9. The Bertz CT molecular complexity index is 2030. The third kappa shape index (κ3) is 14.0. The van der Waals surface area contributed by atoms with Gasteiger partial charge in [-0.05, 0) is 65.6 Å². The van der Waals surface area contributed by atoms with E-state index in [0.29, 0.717) is 46.5 Å². The second-order valence-electron chi connectivity index (χ2n) is 12.3. The quantitative estimate of drug-likeness (QED) is 0.120. The van der Waals surface area contributed by atoms with Gasteiger partial charge in [0, 0.05) is 51.3 Å². The van der Waals surface area contributed by atoms with Gasteiger partial charge in [-0.15, -0.1) is 0 Å². The summed E-state index contributed by atoms with van der Waals surface area (Å²) < 4.78 is 10.9. The molecular weight excluding hydrogens is 789 g/mol. The van der Waals surface area contributed by atoms with Gasteiger partial charge in [-0.25, -0.2) is 24.2 Å². The SMILES string of the molecule is O=C(Nc1ccc(NCc2ccc(CCC(=O)N3CCN(Cc4ccc5c(c4)OCO5)CC3)cc2)nc1)c1ccc(Cl)c(Cl)c1.O=C(O)C(=O)O.O=C(O)C(=O)O. The number of fused-ring (bicyclic) bond motifs is 1. The van der Waals surface area contributed by atoms with Crippen LogP contribution < -0.4 is 20.1 Å². The molecule has 6 N–H and O–H groups in total. The summed E-state index contributed by atoms with van der Waals surface area (Å²) in [6, 6.07) is 22.7. The number of aryl methyl sites for hydroxylation is 1. The van der Waals surface area contributed by atoms with Gasteiger partial charge in [-0.3, -0.25) is 14.5 Å². The topological polar surface area (TPSA) is 245 Å². The van der Waals surface area contributed by atoms with Crippen molar-refractivity contribution in [3.05, 3.63) is 111 Å². The molecule has 0 aliphatic carbocycles. The number of anilines is 2. The van der Waals surface area contributed by atoms with Crippen LogP contribution in [0.2, 0.25) is 10.0 Å². The molecule has 3 heterocycles. The predicted octanol–water partition coefficient (Wildman–Crippen LogP) is 4.57. The molecule has 0 unspecified atom stereocenters. The van der Waals surface area contributed by atoms with E-state index < -0.39 is 23.9 Å². The monoisotopic (exact) mass is 825 g/mol. The number of nitrogens with one attached hydrogen (secondary N) is 2. The van der Waals surface area contributed by atoms with E-state index in [2.05, 4.69) is 50.8 Å². The van der Waals surface area contributed by atoms with E-state index in [1.54, 1.807) is 24.4 Å². The van der Waals surface area contributed by atoms with Crippen molar-refractivity contribution in [1.29, 1.82) is 0 Å². The van der Waals surface area contributed by atoms with Crippen molar-refractivity contribution in [3.8, 4) is 11.5 Å². The number of nitrogens with zero attached hydrogens (tertiary/aromatic N) is 3. The molecule has 6 rings (SSSR count). The molecule has 0 spiro atoms. The standard InChI is InChI=1S/C34H33Cl2N5O4.2C2H2O4/c35-28-9-7-26(18-29(28)36)34(43)39-27-8-11-32(38-20-27)37-19-24-3-1-23(2-4-24)6-12-33(42)41-15-13-40(14-16-41)21-25-5-10-30-31(17-25)45-22-44-30;2*3-1(4)2(5)6/h1-5,7-11,17-18,20H,6,12-16,19,21-22H2,(H,37,38)(H,39,43);2*(H,3,4)(H,5,6). The van der Waals surface area contributed by atoms with Crippen molar-refractivity contribution in [2.75, 3.05) is 43.6 Å². The lowest BCUT2D eigenvalue weighted by Gasteiger charge is -2.35. The van der Waals surface area contributed by atoms with E-state index in [0.717, 1.165) is 55.3 Å². The van der Waals surface area contributed by atoms with Crippen LogP contribution in [0.4, 0.5) is 11.5 Å². The molecule has 1 aromatic heterocycles. The van der Waals surface area contributed by atoms with Gasteiger partial charge >= 0.3 is 23.9 Å². The van der Waals surface area contributed by atoms with Gasteiger partial charge in [0.1, 0.15) is 5.82 Å². The van der Waals surface area contributed by atoms with Gasteiger partial charge in [-0.1, -0.05) is 53.5 Å². The number of carboxylic acid groups (broad SMARTS) is 4. The molecule has 3 aromatic carbocycles. The molecule has 2 amide bonds. The Hall–Kier alpha value is -6.43. The average molecular weight is 827 g/mol. The fourth-order valence-electron chi connectivity index (χ4n) is 5.29. The number of aromatic nitrogens is 1. The van der Waals surface area contributed by atoms with Crippen LogP contribution >= 0.6 is 23.2 Å². The molecule has 0 atom stereocenters. The summed E-state index contributed by atoms with van der Waals surface area (Å²) in [6.45, 7) is 4.90. The number of aliphatic carboxylic acids is 4. The molecule has 4 aromatic rings. The highest BCUT2D eigenvalue weighted by molar-refractivity contribution is 6.42. The molecule has 17 nitrogen and oxygen atoms in total. The molecule has 1 fully saturated rings. The number of carbonyl (C=O) groups excluding carboxylic acids is 2. The highest BCUT2D eigenvalue weighted by Gasteiger charge is 2.22.